The summed E-state index contributed by atoms with van der Waals surface area (Å²) in [6, 6.07) is -0.359. The molecule has 0 bridgehead atoms. The van der Waals surface area contributed by atoms with E-state index >= 15 is 0 Å². The van der Waals surface area contributed by atoms with Crippen LogP contribution in [-0.2, 0) is 18.4 Å². The molecule has 0 aromatic carbocycles. The summed E-state index contributed by atoms with van der Waals surface area (Å²) < 4.78 is 2.35. The van der Waals surface area contributed by atoms with Crippen molar-refractivity contribution in [2.24, 2.45) is 18.7 Å². The number of nitrogens with zero attached hydrogens (tertiary/aromatic N) is 2. The molecule has 0 aliphatic heterocycles. The van der Waals surface area contributed by atoms with Gasteiger partial charge in [-0.25, -0.2) is 4.79 Å². The molecule has 1 amide bonds. The normalized spacial score (nSPS) is 12.4. The van der Waals surface area contributed by atoms with E-state index in [0.717, 1.165) is 4.57 Å². The number of nitrogen functional groups attached to an aromatic ring is 1. The molecular weight excluding hydrogens is 274 g/mol. The van der Waals surface area contributed by atoms with Crippen molar-refractivity contribution in [3.8, 4) is 0 Å². The number of primary amides is 1. The summed E-state index contributed by atoms with van der Waals surface area (Å²) >= 11 is 0. The molecule has 8 nitrogen and oxygen atoms in total. The number of hydrogen-bond acceptors (Lipinski definition) is 5. The van der Waals surface area contributed by atoms with Gasteiger partial charge < -0.3 is 16.8 Å². The highest BCUT2D eigenvalue weighted by atomic mass is 16.2. The predicted molar refractivity (Wildman–Crippen MR) is 82.1 cm³/mol. The Kier molecular flexibility index (Phi) is 5.17. The van der Waals surface area contributed by atoms with E-state index < -0.39 is 17.2 Å². The highest BCUT2D eigenvalue weighted by Crippen LogP contribution is 2.14. The average Bonchev–Trinajstić information content (AvgIpc) is 2.36. The number of nitrogens with two attached hydrogens (primary N) is 2. The molecule has 1 atom stereocenters. The maximum atomic E-state index is 12.2. The molecule has 0 aliphatic carbocycles. The summed E-state index contributed by atoms with van der Waals surface area (Å²) in [5.74, 6) is -0.215. The Hall–Kier alpha value is -2.25. The van der Waals surface area contributed by atoms with Gasteiger partial charge in [0.1, 0.15) is 11.5 Å². The molecule has 0 saturated heterocycles. The first-order chi connectivity index (χ1) is 9.65. The Labute approximate surface area is 122 Å². The third-order valence-corrected chi connectivity index (χ3v) is 3.03. The predicted octanol–water partition coefficient (Wildman–Crippen LogP) is -0.539. The van der Waals surface area contributed by atoms with Crippen LogP contribution in [0.25, 0.3) is 0 Å². The molecule has 0 radical (unpaired) electrons. The molecule has 118 valence electrons. The highest BCUT2D eigenvalue weighted by molar-refractivity contribution is 5.75. The molecule has 21 heavy (non-hydrogen) atoms. The van der Waals surface area contributed by atoms with Crippen LogP contribution in [0.5, 0.6) is 0 Å². The second-order valence-corrected chi connectivity index (χ2v) is 5.63. The van der Waals surface area contributed by atoms with Gasteiger partial charge in [-0.2, -0.15) is 0 Å². The molecule has 0 aliphatic rings. The van der Waals surface area contributed by atoms with E-state index in [2.05, 4.69) is 5.32 Å². The van der Waals surface area contributed by atoms with Crippen LogP contribution >= 0.6 is 0 Å². The second-order valence-electron chi connectivity index (χ2n) is 5.63. The maximum Gasteiger partial charge on any atom is 0.332 e. The van der Waals surface area contributed by atoms with Crippen molar-refractivity contribution < 1.29 is 4.79 Å². The number of carbonyl (C=O) groups excluding carboxylic acids is 1. The first-order valence-electron chi connectivity index (χ1n) is 6.79. The van der Waals surface area contributed by atoms with Crippen LogP contribution in [0.2, 0.25) is 0 Å². The molecule has 1 rings (SSSR count). The fraction of sp³-hybridized carbons (Fsp3) is 0.615. The van der Waals surface area contributed by atoms with Crippen molar-refractivity contribution in [2.75, 3.05) is 11.1 Å². The zero-order valence-electron chi connectivity index (χ0n) is 12.8. The van der Waals surface area contributed by atoms with Crippen molar-refractivity contribution in [2.45, 2.75) is 39.8 Å². The maximum absolute atomic E-state index is 12.2. The van der Waals surface area contributed by atoms with E-state index in [0.29, 0.717) is 6.54 Å². The Morgan fingerprint density at radius 2 is 1.86 bits per heavy atom. The van der Waals surface area contributed by atoms with Gasteiger partial charge in [0, 0.05) is 26.1 Å². The minimum atomic E-state index is -0.520. The van der Waals surface area contributed by atoms with Gasteiger partial charge in [-0.15, -0.1) is 0 Å². The van der Waals surface area contributed by atoms with Crippen LogP contribution in [0.1, 0.15) is 27.2 Å². The molecule has 0 fully saturated rings. The number of hydrogen-bond donors (Lipinski definition) is 3. The van der Waals surface area contributed by atoms with Crippen LogP contribution < -0.4 is 28.0 Å². The van der Waals surface area contributed by atoms with Crippen molar-refractivity contribution in [1.29, 1.82) is 0 Å². The van der Waals surface area contributed by atoms with E-state index in [-0.39, 0.29) is 29.9 Å². The number of rotatable bonds is 6. The lowest BCUT2D eigenvalue weighted by Gasteiger charge is -2.19. The quantitative estimate of drug-likeness (QED) is 0.650. The van der Waals surface area contributed by atoms with Gasteiger partial charge in [-0.1, -0.05) is 13.8 Å². The average molecular weight is 297 g/mol. The van der Waals surface area contributed by atoms with Gasteiger partial charge in [-0.3, -0.25) is 18.7 Å². The SMILES string of the molecule is CC(C)Cn1c(N)c(NC(C)CC(N)=O)c(=O)n(C)c1=O. The summed E-state index contributed by atoms with van der Waals surface area (Å²) in [6.07, 6.45) is 0.0614. The van der Waals surface area contributed by atoms with Gasteiger partial charge in [0.05, 0.1) is 0 Å². The largest absolute Gasteiger partial charge is 0.383 e. The van der Waals surface area contributed by atoms with Crippen LogP contribution in [0.4, 0.5) is 11.5 Å². The number of anilines is 2. The van der Waals surface area contributed by atoms with Crippen molar-refractivity contribution in [3.63, 3.8) is 0 Å². The van der Waals surface area contributed by atoms with Gasteiger partial charge in [0.15, 0.2) is 0 Å². The molecule has 1 heterocycles. The summed E-state index contributed by atoms with van der Waals surface area (Å²) in [5, 5.41) is 2.87. The van der Waals surface area contributed by atoms with Crippen molar-refractivity contribution in [3.05, 3.63) is 20.8 Å². The van der Waals surface area contributed by atoms with Gasteiger partial charge in [-0.05, 0) is 12.8 Å². The monoisotopic (exact) mass is 297 g/mol. The molecule has 1 aromatic rings. The number of carbonyl (C=O) groups is 1. The topological polar surface area (TPSA) is 125 Å². The van der Waals surface area contributed by atoms with Crippen molar-refractivity contribution in [1.82, 2.24) is 9.13 Å². The Balaban J connectivity index is 3.32. The molecule has 5 N–H and O–H groups in total. The van der Waals surface area contributed by atoms with E-state index in [1.807, 2.05) is 13.8 Å². The number of aromatic nitrogens is 2. The lowest BCUT2D eigenvalue weighted by atomic mass is 10.2. The van der Waals surface area contributed by atoms with Gasteiger partial charge in [0.2, 0.25) is 5.91 Å². The smallest absolute Gasteiger partial charge is 0.332 e. The van der Waals surface area contributed by atoms with Crippen LogP contribution in [0.3, 0.4) is 0 Å². The Morgan fingerprint density at radius 3 is 2.33 bits per heavy atom. The third-order valence-electron chi connectivity index (χ3n) is 3.03. The first kappa shape index (κ1) is 16.8. The fourth-order valence-electron chi connectivity index (χ4n) is 2.06. The summed E-state index contributed by atoms with van der Waals surface area (Å²) in [5.41, 5.74) is 10.2. The Bertz CT molecular complexity index is 644. The summed E-state index contributed by atoms with van der Waals surface area (Å²) in [4.78, 5) is 35.2. The van der Waals surface area contributed by atoms with Crippen LogP contribution in [0.15, 0.2) is 9.59 Å². The minimum absolute atomic E-state index is 0.0614. The summed E-state index contributed by atoms with van der Waals surface area (Å²) in [7, 11) is 1.39. The standard InChI is InChI=1S/C13H23N5O3/c1-7(2)6-18-11(15)10(12(20)17(4)13(18)21)16-8(3)5-9(14)19/h7-8,16H,5-6,15H2,1-4H3,(H2,14,19). The van der Waals surface area contributed by atoms with E-state index in [1.54, 1.807) is 6.92 Å². The van der Waals surface area contributed by atoms with Crippen molar-refractivity contribution >= 4 is 17.4 Å². The van der Waals surface area contributed by atoms with Gasteiger partial charge in [0.25, 0.3) is 5.56 Å². The number of amides is 1. The van der Waals surface area contributed by atoms with E-state index in [1.165, 1.54) is 11.6 Å². The van der Waals surface area contributed by atoms with Crippen LogP contribution in [0, 0.1) is 5.92 Å². The molecule has 0 saturated carbocycles. The highest BCUT2D eigenvalue weighted by Gasteiger charge is 2.18. The Morgan fingerprint density at radius 1 is 1.29 bits per heavy atom. The number of nitrogens with one attached hydrogen (secondary N) is 1. The first-order valence-corrected chi connectivity index (χ1v) is 6.79. The van der Waals surface area contributed by atoms with Gasteiger partial charge >= 0.3 is 5.69 Å². The lowest BCUT2D eigenvalue weighted by molar-refractivity contribution is -0.118. The second kappa shape index (κ2) is 6.47. The lowest BCUT2D eigenvalue weighted by Crippen LogP contribution is -2.42. The van der Waals surface area contributed by atoms with Crippen LogP contribution in [-0.4, -0.2) is 21.1 Å². The molecule has 1 unspecified atom stereocenters. The van der Waals surface area contributed by atoms with E-state index in [9.17, 15) is 14.4 Å². The summed E-state index contributed by atoms with van der Waals surface area (Å²) in [6.45, 7) is 6.00. The minimum Gasteiger partial charge on any atom is -0.383 e. The molecule has 1 aromatic heterocycles. The zero-order chi connectivity index (χ0) is 16.3. The van der Waals surface area contributed by atoms with E-state index in [4.69, 9.17) is 11.5 Å². The zero-order valence-corrected chi connectivity index (χ0v) is 12.8. The molecule has 0 spiro atoms. The fourth-order valence-corrected chi connectivity index (χ4v) is 2.06. The molecular formula is C13H23N5O3. The molecule has 8 heteroatoms. The third kappa shape index (κ3) is 3.87.